The SMILES string of the molecule is OC(c1cccc2c1NCC2)C1CCNCC1.OC(c1cccc2cc[nH]c12)C1CCNCC1.OC(c1ccncc1)c1cccc2c1NCC2.OC(c1ccncc1)c1cccc2cc[nH]c12. The fourth-order valence-corrected chi connectivity index (χ4v) is 10.2. The van der Waals surface area contributed by atoms with Crippen LogP contribution in [0.2, 0.25) is 0 Å². The van der Waals surface area contributed by atoms with Gasteiger partial charge in [0.1, 0.15) is 12.2 Å². The Labute approximate surface area is 398 Å². The minimum Gasteiger partial charge on any atom is -0.388 e. The Morgan fingerprint density at radius 3 is 1.37 bits per heavy atom. The van der Waals surface area contributed by atoms with Crippen LogP contribution in [0.4, 0.5) is 11.4 Å². The van der Waals surface area contributed by atoms with Crippen LogP contribution in [-0.4, -0.2) is 79.6 Å². The highest BCUT2D eigenvalue weighted by atomic mass is 16.3. The number of nitrogens with zero attached hydrogens (tertiary/aromatic N) is 2. The molecule has 10 N–H and O–H groups in total. The Balaban J connectivity index is 0.000000113. The van der Waals surface area contributed by atoms with E-state index in [1.54, 1.807) is 24.8 Å². The molecule has 0 bridgehead atoms. The van der Waals surface area contributed by atoms with Gasteiger partial charge in [-0.3, -0.25) is 9.97 Å². The summed E-state index contributed by atoms with van der Waals surface area (Å²) in [6.07, 6.45) is 15.1. The average molecular weight is 913 g/mol. The van der Waals surface area contributed by atoms with Gasteiger partial charge in [-0.15, -0.1) is 0 Å². The summed E-state index contributed by atoms with van der Waals surface area (Å²) >= 11 is 0. The van der Waals surface area contributed by atoms with Gasteiger partial charge in [0.25, 0.3) is 0 Å². The molecule has 0 spiro atoms. The number of piperidine rings is 2. The summed E-state index contributed by atoms with van der Waals surface area (Å²) in [6.45, 7) is 6.06. The van der Waals surface area contributed by atoms with Gasteiger partial charge in [-0.05, 0) is 146 Å². The van der Waals surface area contributed by atoms with Gasteiger partial charge in [-0.25, -0.2) is 0 Å². The van der Waals surface area contributed by atoms with Crippen LogP contribution in [0.3, 0.4) is 0 Å². The number of benzene rings is 4. The van der Waals surface area contributed by atoms with Crippen molar-refractivity contribution >= 4 is 33.2 Å². The van der Waals surface area contributed by atoms with Crippen molar-refractivity contribution in [3.63, 3.8) is 0 Å². The highest BCUT2D eigenvalue weighted by Gasteiger charge is 2.28. The number of para-hydroxylation sites is 4. The third kappa shape index (κ3) is 10.8. The number of aromatic nitrogens is 4. The van der Waals surface area contributed by atoms with Crippen molar-refractivity contribution in [2.24, 2.45) is 11.8 Å². The van der Waals surface area contributed by atoms with Crippen LogP contribution in [0.5, 0.6) is 0 Å². The number of hydrogen-bond donors (Lipinski definition) is 10. The molecule has 12 heteroatoms. The van der Waals surface area contributed by atoms with Crippen molar-refractivity contribution in [1.82, 2.24) is 30.6 Å². The Morgan fingerprint density at radius 2 is 0.838 bits per heavy atom. The first-order valence-electron chi connectivity index (χ1n) is 24.2. The number of pyridine rings is 2. The van der Waals surface area contributed by atoms with Crippen LogP contribution in [0.15, 0.2) is 146 Å². The molecule has 8 heterocycles. The molecule has 4 aromatic heterocycles. The van der Waals surface area contributed by atoms with Gasteiger partial charge in [0.05, 0.1) is 23.2 Å². The highest BCUT2D eigenvalue weighted by molar-refractivity contribution is 5.84. The number of aromatic amines is 2. The van der Waals surface area contributed by atoms with Crippen molar-refractivity contribution in [1.29, 1.82) is 0 Å². The van der Waals surface area contributed by atoms with Gasteiger partial charge >= 0.3 is 0 Å². The summed E-state index contributed by atoms with van der Waals surface area (Å²) in [4.78, 5) is 14.3. The van der Waals surface area contributed by atoms with Crippen molar-refractivity contribution in [2.45, 2.75) is 62.9 Å². The fourth-order valence-electron chi connectivity index (χ4n) is 10.2. The molecular formula is C56H64N8O4. The van der Waals surface area contributed by atoms with Crippen LogP contribution >= 0.6 is 0 Å². The van der Waals surface area contributed by atoms with Crippen LogP contribution in [0, 0.1) is 11.8 Å². The molecule has 0 saturated carbocycles. The van der Waals surface area contributed by atoms with E-state index in [0.717, 1.165) is 133 Å². The lowest BCUT2D eigenvalue weighted by molar-refractivity contribution is 0.0895. The van der Waals surface area contributed by atoms with Gasteiger partial charge in [0.2, 0.25) is 0 Å². The van der Waals surface area contributed by atoms with E-state index in [4.69, 9.17) is 0 Å². The number of hydrogen-bond acceptors (Lipinski definition) is 10. The van der Waals surface area contributed by atoms with Gasteiger partial charge in [-0.1, -0.05) is 72.8 Å². The number of aliphatic hydroxyl groups is 4. The molecule has 4 aliphatic rings. The molecule has 0 radical (unpaired) electrons. The number of H-pyrrole nitrogens is 2. The van der Waals surface area contributed by atoms with Crippen LogP contribution in [0.25, 0.3) is 21.8 Å². The molecular weight excluding hydrogens is 849 g/mol. The van der Waals surface area contributed by atoms with Gasteiger partial charge in [0.15, 0.2) is 0 Å². The van der Waals surface area contributed by atoms with E-state index < -0.39 is 12.2 Å². The summed E-state index contributed by atoms with van der Waals surface area (Å²) in [7, 11) is 0. The van der Waals surface area contributed by atoms with E-state index in [1.165, 1.54) is 22.2 Å². The molecule has 4 unspecified atom stereocenters. The largest absolute Gasteiger partial charge is 0.388 e. The van der Waals surface area contributed by atoms with Crippen LogP contribution in [0.1, 0.15) is 94.6 Å². The Bertz CT molecular complexity index is 2820. The molecule has 352 valence electrons. The predicted octanol–water partition coefficient (Wildman–Crippen LogP) is 8.66. The van der Waals surface area contributed by atoms with Gasteiger partial charge < -0.3 is 51.7 Å². The molecule has 4 aromatic carbocycles. The monoisotopic (exact) mass is 913 g/mol. The Morgan fingerprint density at radius 1 is 0.426 bits per heavy atom. The van der Waals surface area contributed by atoms with E-state index in [-0.39, 0.29) is 12.2 Å². The number of aliphatic hydroxyl groups excluding tert-OH is 4. The number of rotatable bonds is 8. The molecule has 2 fully saturated rings. The summed E-state index contributed by atoms with van der Waals surface area (Å²) in [6, 6.07) is 35.8. The quantitative estimate of drug-likeness (QED) is 0.0708. The van der Waals surface area contributed by atoms with E-state index in [2.05, 4.69) is 71.5 Å². The maximum absolute atomic E-state index is 10.5. The molecule has 12 rings (SSSR count). The third-order valence-electron chi connectivity index (χ3n) is 13.9. The summed E-state index contributed by atoms with van der Waals surface area (Å²) in [5.74, 6) is 0.787. The molecule has 2 saturated heterocycles. The second-order valence-corrected chi connectivity index (χ2v) is 18.1. The van der Waals surface area contributed by atoms with Gasteiger partial charge in [0, 0.05) is 83.9 Å². The Kier molecular flexibility index (Phi) is 15.5. The predicted molar refractivity (Wildman–Crippen MR) is 272 cm³/mol. The molecule has 8 aromatic rings. The first kappa shape index (κ1) is 46.7. The average Bonchev–Trinajstić information content (AvgIpc) is 4.27. The molecule has 0 aliphatic carbocycles. The number of nitrogens with one attached hydrogen (secondary N) is 6. The maximum atomic E-state index is 10.5. The lowest BCUT2D eigenvalue weighted by Gasteiger charge is -2.28. The molecule has 68 heavy (non-hydrogen) atoms. The minimum atomic E-state index is -0.625. The van der Waals surface area contributed by atoms with Crippen molar-refractivity contribution in [3.05, 3.63) is 191 Å². The van der Waals surface area contributed by atoms with Crippen molar-refractivity contribution < 1.29 is 20.4 Å². The standard InChI is InChI=1S/C14H20N2O.C14H18N2O.C14H14N2O.C14H12N2O/c4*17-14(11-4-7-15-8-5-11)12-3-1-2-10-6-9-16-13(10)12/h1-3,11,14-17H,4-9H2;1-3,6,9,11,14-17H,4-5,7-8H2;1-5,7-8,14,16-17H,6,9H2;1-9,14,16-17H. The Hall–Kier alpha value is -6.38. The second kappa shape index (κ2) is 22.6. The van der Waals surface area contributed by atoms with Crippen LogP contribution < -0.4 is 21.3 Å². The summed E-state index contributed by atoms with van der Waals surface area (Å²) in [5.41, 5.74) is 12.7. The normalized spacial score (nSPS) is 17.4. The van der Waals surface area contributed by atoms with Crippen molar-refractivity contribution in [3.8, 4) is 0 Å². The smallest absolute Gasteiger partial charge is 0.106 e. The van der Waals surface area contributed by atoms with Crippen LogP contribution in [-0.2, 0) is 12.8 Å². The third-order valence-corrected chi connectivity index (χ3v) is 13.9. The van der Waals surface area contributed by atoms with E-state index >= 15 is 0 Å². The van der Waals surface area contributed by atoms with Crippen molar-refractivity contribution in [2.75, 3.05) is 49.9 Å². The first-order valence-corrected chi connectivity index (χ1v) is 24.2. The first-order chi connectivity index (χ1) is 33.4. The zero-order valence-corrected chi connectivity index (χ0v) is 38.5. The lowest BCUT2D eigenvalue weighted by atomic mass is 9.87. The second-order valence-electron chi connectivity index (χ2n) is 18.1. The molecule has 4 aliphatic heterocycles. The molecule has 0 amide bonds. The topological polar surface area (TPSA) is 186 Å². The van der Waals surface area contributed by atoms with E-state index in [1.807, 2.05) is 91.3 Å². The fraction of sp³-hybridized carbons (Fsp3) is 0.321. The lowest BCUT2D eigenvalue weighted by Crippen LogP contribution is -2.31. The van der Waals surface area contributed by atoms with E-state index in [0.29, 0.717) is 11.8 Å². The molecule has 4 atom stereocenters. The number of anilines is 2. The number of fused-ring (bicyclic) bond motifs is 4. The minimum absolute atomic E-state index is 0.308. The summed E-state index contributed by atoms with van der Waals surface area (Å²) < 4.78 is 0. The zero-order chi connectivity index (χ0) is 46.7. The highest BCUT2D eigenvalue weighted by Crippen LogP contribution is 2.38. The molecule has 12 nitrogen and oxygen atoms in total. The summed E-state index contributed by atoms with van der Waals surface area (Å²) in [5, 5.41) is 57.5. The zero-order valence-electron chi connectivity index (χ0n) is 38.5. The maximum Gasteiger partial charge on any atom is 0.106 e. The van der Waals surface area contributed by atoms with E-state index in [9.17, 15) is 20.4 Å². The van der Waals surface area contributed by atoms with Gasteiger partial charge in [-0.2, -0.15) is 0 Å².